The topological polar surface area (TPSA) is 106 Å². The largest absolute Gasteiger partial charge is 0.497 e. The summed E-state index contributed by atoms with van der Waals surface area (Å²) in [5, 5.41) is 24.2. The molecular weight excluding hydrogens is 554 g/mol. The molecule has 1 aliphatic carbocycles. The molecule has 4 aromatic rings. The van der Waals surface area contributed by atoms with Crippen molar-refractivity contribution < 1.29 is 28.9 Å². The number of rotatable bonds is 9. The minimum atomic E-state index is -1.89. The number of nitriles is 1. The molecule has 1 saturated carbocycles. The van der Waals surface area contributed by atoms with Gasteiger partial charge in [-0.1, -0.05) is 84.9 Å². The maximum atomic E-state index is 14.7. The number of hydrogen-bond acceptors (Lipinski definition) is 7. The molecule has 5 atom stereocenters. The van der Waals surface area contributed by atoms with Gasteiger partial charge in [0, 0.05) is 17.4 Å². The first-order valence-corrected chi connectivity index (χ1v) is 14.6. The number of hydrogen-bond donors (Lipinski definition) is 1. The van der Waals surface area contributed by atoms with Crippen molar-refractivity contribution in [3.8, 4) is 17.6 Å². The number of nitrogens with zero attached hydrogens (tertiary/aromatic N) is 1. The summed E-state index contributed by atoms with van der Waals surface area (Å²) in [4.78, 5) is 29.1. The van der Waals surface area contributed by atoms with Crippen molar-refractivity contribution in [2.75, 3.05) is 20.8 Å². The normalized spacial score (nSPS) is 24.5. The fourth-order valence-electron chi connectivity index (χ4n) is 6.73. The quantitative estimate of drug-likeness (QED) is 0.177. The van der Waals surface area contributed by atoms with Crippen molar-refractivity contribution in [3.63, 3.8) is 0 Å². The molecule has 0 radical (unpaired) electrons. The molecule has 0 unspecified atom stereocenters. The lowest BCUT2D eigenvalue weighted by atomic mass is 9.47. The minimum absolute atomic E-state index is 0.0349. The van der Waals surface area contributed by atoms with Crippen molar-refractivity contribution in [3.05, 3.63) is 131 Å². The number of ketones is 1. The van der Waals surface area contributed by atoms with Gasteiger partial charge in [-0.15, -0.1) is 0 Å². The summed E-state index contributed by atoms with van der Waals surface area (Å²) in [5.41, 5.74) is -1.63. The molecular formula is C37H35NO6. The van der Waals surface area contributed by atoms with Crippen LogP contribution in [0, 0.1) is 22.7 Å². The molecule has 1 fully saturated rings. The SMILES string of the molecule is CCOC(=O)[C@@]1(C#N)[C@@H](c2ccc(OC)cc2)C[C@](O)(c2ccccc2)[C@H](C(=O)c2ccccc2)[C@@H]1c1ccc(OC)cc1. The van der Waals surface area contributed by atoms with Gasteiger partial charge < -0.3 is 19.3 Å². The Bertz CT molecular complexity index is 1630. The molecule has 7 heteroatoms. The molecule has 0 saturated heterocycles. The molecule has 0 spiro atoms. The van der Waals surface area contributed by atoms with Crippen LogP contribution in [-0.4, -0.2) is 37.7 Å². The van der Waals surface area contributed by atoms with Gasteiger partial charge in [-0.05, 0) is 54.3 Å². The lowest BCUT2D eigenvalue weighted by Crippen LogP contribution is -2.59. The van der Waals surface area contributed by atoms with E-state index in [0.29, 0.717) is 33.8 Å². The van der Waals surface area contributed by atoms with Gasteiger partial charge in [0.2, 0.25) is 0 Å². The number of aliphatic hydroxyl groups is 1. The van der Waals surface area contributed by atoms with Crippen LogP contribution in [0.1, 0.15) is 52.2 Å². The third-order valence-corrected chi connectivity index (χ3v) is 8.81. The van der Waals surface area contributed by atoms with Gasteiger partial charge >= 0.3 is 5.97 Å². The highest BCUT2D eigenvalue weighted by atomic mass is 16.5. The van der Waals surface area contributed by atoms with Crippen molar-refractivity contribution >= 4 is 11.8 Å². The fourth-order valence-corrected chi connectivity index (χ4v) is 6.73. The first-order chi connectivity index (χ1) is 21.3. The van der Waals surface area contributed by atoms with E-state index in [2.05, 4.69) is 6.07 Å². The van der Waals surface area contributed by atoms with Crippen molar-refractivity contribution in [2.24, 2.45) is 11.3 Å². The summed E-state index contributed by atoms with van der Waals surface area (Å²) in [6.45, 7) is 1.72. The second-order valence-electron chi connectivity index (χ2n) is 11.0. The smallest absolute Gasteiger partial charge is 0.327 e. The van der Waals surface area contributed by atoms with E-state index in [1.54, 1.807) is 124 Å². The number of esters is 1. The van der Waals surface area contributed by atoms with Gasteiger partial charge in [0.25, 0.3) is 0 Å². The van der Waals surface area contributed by atoms with Crippen LogP contribution >= 0.6 is 0 Å². The zero-order valence-corrected chi connectivity index (χ0v) is 25.0. The van der Waals surface area contributed by atoms with Crippen molar-refractivity contribution in [1.29, 1.82) is 5.26 Å². The third-order valence-electron chi connectivity index (χ3n) is 8.81. The van der Waals surface area contributed by atoms with Crippen LogP contribution in [-0.2, 0) is 15.1 Å². The predicted octanol–water partition coefficient (Wildman–Crippen LogP) is 6.43. The highest BCUT2D eigenvalue weighted by Gasteiger charge is 2.67. The molecule has 5 rings (SSSR count). The van der Waals surface area contributed by atoms with Crippen LogP contribution in [0.25, 0.3) is 0 Å². The van der Waals surface area contributed by atoms with E-state index in [0.717, 1.165) is 0 Å². The predicted molar refractivity (Wildman–Crippen MR) is 165 cm³/mol. The number of carbonyl (C=O) groups is 2. The molecule has 1 N–H and O–H groups in total. The average Bonchev–Trinajstić information content (AvgIpc) is 3.08. The Labute approximate surface area is 257 Å². The number of benzene rings is 4. The van der Waals surface area contributed by atoms with E-state index in [-0.39, 0.29) is 18.8 Å². The molecule has 0 bridgehead atoms. The highest BCUT2D eigenvalue weighted by Crippen LogP contribution is 2.64. The van der Waals surface area contributed by atoms with E-state index in [1.165, 1.54) is 0 Å². The molecule has 44 heavy (non-hydrogen) atoms. The summed E-state index contributed by atoms with van der Waals surface area (Å²) in [6, 6.07) is 34.1. The fraction of sp³-hybridized carbons (Fsp3) is 0.270. The van der Waals surface area contributed by atoms with Gasteiger partial charge in [0.15, 0.2) is 11.2 Å². The molecule has 7 nitrogen and oxygen atoms in total. The Morgan fingerprint density at radius 1 is 0.818 bits per heavy atom. The molecule has 224 valence electrons. The van der Waals surface area contributed by atoms with Crippen molar-refractivity contribution in [2.45, 2.75) is 30.8 Å². The summed E-state index contributed by atoms with van der Waals surface area (Å²) >= 11 is 0. The average molecular weight is 590 g/mol. The summed E-state index contributed by atoms with van der Waals surface area (Å²) < 4.78 is 16.5. The van der Waals surface area contributed by atoms with E-state index < -0.39 is 34.7 Å². The number of methoxy groups -OCH3 is 2. The zero-order valence-electron chi connectivity index (χ0n) is 25.0. The molecule has 0 aliphatic heterocycles. The number of carbonyl (C=O) groups excluding carboxylic acids is 2. The maximum absolute atomic E-state index is 14.7. The molecule has 1 aliphatic rings. The maximum Gasteiger partial charge on any atom is 0.327 e. The van der Waals surface area contributed by atoms with Gasteiger partial charge in [-0.2, -0.15) is 5.26 Å². The molecule has 0 amide bonds. The van der Waals surface area contributed by atoms with Gasteiger partial charge in [-0.25, -0.2) is 0 Å². The first kappa shape index (κ1) is 30.5. The summed E-state index contributed by atoms with van der Waals surface area (Å²) in [5.74, 6) is -3.17. The summed E-state index contributed by atoms with van der Waals surface area (Å²) in [7, 11) is 3.10. The second-order valence-corrected chi connectivity index (χ2v) is 11.0. The molecule has 0 heterocycles. The lowest BCUT2D eigenvalue weighted by molar-refractivity contribution is -0.164. The van der Waals surface area contributed by atoms with E-state index in [1.807, 2.05) is 6.07 Å². The lowest BCUT2D eigenvalue weighted by Gasteiger charge is -2.54. The zero-order chi connectivity index (χ0) is 31.3. The molecule has 0 aromatic heterocycles. The Morgan fingerprint density at radius 2 is 1.34 bits per heavy atom. The first-order valence-electron chi connectivity index (χ1n) is 14.6. The van der Waals surface area contributed by atoms with Crippen LogP contribution in [0.2, 0.25) is 0 Å². The Balaban J connectivity index is 1.88. The second kappa shape index (κ2) is 12.7. The van der Waals surface area contributed by atoms with Crippen LogP contribution < -0.4 is 9.47 Å². The van der Waals surface area contributed by atoms with Crippen LogP contribution in [0.4, 0.5) is 0 Å². The van der Waals surface area contributed by atoms with Gasteiger partial charge in [0.05, 0.1) is 32.8 Å². The van der Waals surface area contributed by atoms with E-state index in [9.17, 15) is 20.0 Å². The highest BCUT2D eigenvalue weighted by molar-refractivity contribution is 6.00. The van der Waals surface area contributed by atoms with Gasteiger partial charge in [0.1, 0.15) is 17.1 Å². The Morgan fingerprint density at radius 3 is 1.84 bits per heavy atom. The third kappa shape index (κ3) is 5.23. The van der Waals surface area contributed by atoms with Crippen LogP contribution in [0.5, 0.6) is 11.5 Å². The minimum Gasteiger partial charge on any atom is -0.497 e. The van der Waals surface area contributed by atoms with Gasteiger partial charge in [-0.3, -0.25) is 9.59 Å². The van der Waals surface area contributed by atoms with E-state index in [4.69, 9.17) is 14.2 Å². The van der Waals surface area contributed by atoms with E-state index >= 15 is 0 Å². The van der Waals surface area contributed by atoms with Crippen LogP contribution in [0.15, 0.2) is 109 Å². The Kier molecular flexibility index (Phi) is 8.84. The van der Waals surface area contributed by atoms with Crippen molar-refractivity contribution in [1.82, 2.24) is 0 Å². The number of Topliss-reactive ketones (excluding diaryl/α,β-unsaturated/α-hetero) is 1. The number of ether oxygens (including phenoxy) is 3. The Hall–Kier alpha value is -4.93. The monoisotopic (exact) mass is 589 g/mol. The molecule has 4 aromatic carbocycles. The van der Waals surface area contributed by atoms with Crippen LogP contribution in [0.3, 0.4) is 0 Å². The summed E-state index contributed by atoms with van der Waals surface area (Å²) in [6.07, 6.45) is -0.0917. The standard InChI is InChI=1S/C37H35NO6/c1-4-44-35(40)36(24-38)31(25-15-19-29(42-2)20-16-25)23-37(41,28-13-9-6-10-14-28)33(34(39)27-11-7-5-8-12-27)32(36)26-17-21-30(43-3)22-18-26/h5-22,31-33,41H,4,23H2,1-3H3/t31-,32+,33+,36+,37+/m1/s1.